The van der Waals surface area contributed by atoms with Gasteiger partial charge in [-0.1, -0.05) is 13.0 Å². The summed E-state index contributed by atoms with van der Waals surface area (Å²) in [6.07, 6.45) is 0.888. The highest BCUT2D eigenvalue weighted by Gasteiger charge is 2.15. The lowest BCUT2D eigenvalue weighted by atomic mass is 10.2. The van der Waals surface area contributed by atoms with Crippen LogP contribution in [0.5, 0.6) is 0 Å². The van der Waals surface area contributed by atoms with Crippen LogP contribution >= 0.6 is 11.3 Å². The molecule has 0 bridgehead atoms. The zero-order chi connectivity index (χ0) is 13.8. The molecule has 2 heterocycles. The number of rotatable bonds is 5. The Morgan fingerprint density at radius 3 is 2.84 bits per heavy atom. The third kappa shape index (κ3) is 3.00. The first-order chi connectivity index (χ1) is 9.11. The highest BCUT2D eigenvalue weighted by molar-refractivity contribution is 7.10. The van der Waals surface area contributed by atoms with Crippen LogP contribution in [0.2, 0.25) is 0 Å². The van der Waals surface area contributed by atoms with E-state index in [-0.39, 0.29) is 17.5 Å². The summed E-state index contributed by atoms with van der Waals surface area (Å²) in [7, 11) is 0. The second kappa shape index (κ2) is 5.66. The first-order valence-electron chi connectivity index (χ1n) is 5.82. The van der Waals surface area contributed by atoms with Crippen molar-refractivity contribution in [3.63, 3.8) is 0 Å². The third-order valence-electron chi connectivity index (χ3n) is 2.72. The van der Waals surface area contributed by atoms with Crippen molar-refractivity contribution in [2.45, 2.75) is 19.4 Å². The number of thiophene rings is 1. The van der Waals surface area contributed by atoms with E-state index in [0.29, 0.717) is 5.82 Å². The van der Waals surface area contributed by atoms with Crippen LogP contribution < -0.4 is 11.1 Å². The van der Waals surface area contributed by atoms with Crippen LogP contribution in [-0.2, 0) is 0 Å². The fraction of sp³-hybridized carbons (Fsp3) is 0.250. The number of hydrogen-bond donors (Lipinski definition) is 2. The summed E-state index contributed by atoms with van der Waals surface area (Å²) in [5.74, 6) is 0.472. The summed E-state index contributed by atoms with van der Waals surface area (Å²) in [4.78, 5) is 15.3. The topological polar surface area (TPSA) is 94.1 Å². The van der Waals surface area contributed by atoms with Crippen molar-refractivity contribution in [3.05, 3.63) is 44.6 Å². The summed E-state index contributed by atoms with van der Waals surface area (Å²) in [5, 5.41) is 15.9. The molecule has 6 nitrogen and oxygen atoms in total. The highest BCUT2D eigenvalue weighted by Crippen LogP contribution is 2.27. The van der Waals surface area contributed by atoms with E-state index in [0.717, 1.165) is 6.42 Å². The van der Waals surface area contributed by atoms with Gasteiger partial charge in [-0.25, -0.2) is 4.98 Å². The minimum Gasteiger partial charge on any atom is -0.378 e. The summed E-state index contributed by atoms with van der Waals surface area (Å²) >= 11 is 1.66. The molecule has 0 saturated carbocycles. The molecule has 0 aromatic carbocycles. The molecule has 0 amide bonds. The molecule has 0 fully saturated rings. The second-order valence-electron chi connectivity index (χ2n) is 3.98. The van der Waals surface area contributed by atoms with Gasteiger partial charge in [0.2, 0.25) is 5.82 Å². The fourth-order valence-electron chi connectivity index (χ4n) is 1.74. The highest BCUT2D eigenvalue weighted by atomic mass is 32.1. The number of nitrogens with zero attached hydrogens (tertiary/aromatic N) is 2. The lowest BCUT2D eigenvalue weighted by molar-refractivity contribution is -0.384. The van der Waals surface area contributed by atoms with Crippen molar-refractivity contribution in [1.82, 2.24) is 4.98 Å². The Morgan fingerprint density at radius 2 is 2.32 bits per heavy atom. The third-order valence-corrected chi connectivity index (χ3v) is 3.70. The molecule has 0 aliphatic rings. The summed E-state index contributed by atoms with van der Waals surface area (Å²) in [5.41, 5.74) is 5.40. The number of nitrogen functional groups attached to an aromatic ring is 1. The van der Waals surface area contributed by atoms with E-state index < -0.39 is 4.92 Å². The number of anilines is 2. The molecule has 2 aromatic heterocycles. The number of nitro groups is 1. The van der Waals surface area contributed by atoms with Crippen molar-refractivity contribution in [2.24, 2.45) is 0 Å². The van der Waals surface area contributed by atoms with Gasteiger partial charge in [-0.2, -0.15) is 0 Å². The predicted octanol–water partition coefficient (Wildman–Crippen LogP) is 3.20. The molecular weight excluding hydrogens is 264 g/mol. The molecule has 2 aromatic rings. The van der Waals surface area contributed by atoms with E-state index in [2.05, 4.69) is 17.2 Å². The molecule has 2 rings (SSSR count). The second-order valence-corrected chi connectivity index (χ2v) is 4.96. The van der Waals surface area contributed by atoms with Gasteiger partial charge in [0, 0.05) is 10.9 Å². The van der Waals surface area contributed by atoms with Crippen LogP contribution in [0.1, 0.15) is 24.3 Å². The molecule has 0 aliphatic carbocycles. The maximum Gasteiger partial charge on any atom is 0.311 e. The molecular formula is C12H14N4O2S. The van der Waals surface area contributed by atoms with E-state index in [1.165, 1.54) is 10.9 Å². The van der Waals surface area contributed by atoms with Crippen LogP contribution in [0.3, 0.4) is 0 Å². The number of nitrogens with two attached hydrogens (primary N) is 1. The Labute approximate surface area is 114 Å². The van der Waals surface area contributed by atoms with Gasteiger partial charge in [-0.15, -0.1) is 11.3 Å². The average Bonchev–Trinajstić information content (AvgIpc) is 2.89. The first kappa shape index (κ1) is 13.3. The standard InChI is InChI=1S/C12H14N4O2S/c1-2-8(10-4-3-7-19-10)14-11-6-5-9(16(17)18)12(13)15-11/h3-8H,2H2,1H3,(H3,13,14,15). The van der Waals surface area contributed by atoms with Crippen LogP contribution in [0, 0.1) is 10.1 Å². The van der Waals surface area contributed by atoms with Gasteiger partial charge in [0.25, 0.3) is 0 Å². The number of hydrogen-bond acceptors (Lipinski definition) is 6. The molecule has 7 heteroatoms. The van der Waals surface area contributed by atoms with Crippen molar-refractivity contribution < 1.29 is 4.92 Å². The quantitative estimate of drug-likeness (QED) is 0.647. The Balaban J connectivity index is 2.19. The van der Waals surface area contributed by atoms with Crippen LogP contribution in [-0.4, -0.2) is 9.91 Å². The maximum absolute atomic E-state index is 10.7. The zero-order valence-electron chi connectivity index (χ0n) is 10.4. The molecule has 0 spiro atoms. The van der Waals surface area contributed by atoms with Crippen LogP contribution in [0.15, 0.2) is 29.6 Å². The molecule has 0 aliphatic heterocycles. The number of aromatic nitrogens is 1. The zero-order valence-corrected chi connectivity index (χ0v) is 11.2. The molecule has 19 heavy (non-hydrogen) atoms. The number of nitrogens with one attached hydrogen (secondary N) is 1. The van der Waals surface area contributed by atoms with Gasteiger partial charge in [-0.3, -0.25) is 10.1 Å². The maximum atomic E-state index is 10.7. The largest absolute Gasteiger partial charge is 0.378 e. The van der Waals surface area contributed by atoms with Gasteiger partial charge in [0.05, 0.1) is 11.0 Å². The molecule has 3 N–H and O–H groups in total. The van der Waals surface area contributed by atoms with E-state index in [1.54, 1.807) is 17.4 Å². The molecule has 0 radical (unpaired) electrons. The Hall–Kier alpha value is -2.15. The van der Waals surface area contributed by atoms with E-state index in [9.17, 15) is 10.1 Å². The molecule has 100 valence electrons. The van der Waals surface area contributed by atoms with E-state index in [4.69, 9.17) is 5.73 Å². The van der Waals surface area contributed by atoms with Gasteiger partial charge < -0.3 is 11.1 Å². The number of pyridine rings is 1. The minimum atomic E-state index is -0.539. The van der Waals surface area contributed by atoms with Gasteiger partial charge in [0.15, 0.2) is 0 Å². The minimum absolute atomic E-state index is 0.0731. The molecule has 1 atom stereocenters. The summed E-state index contributed by atoms with van der Waals surface area (Å²) in [6.45, 7) is 2.06. The van der Waals surface area contributed by atoms with Crippen molar-refractivity contribution >= 4 is 28.7 Å². The molecule has 0 saturated heterocycles. The normalized spacial score (nSPS) is 12.1. The smallest absolute Gasteiger partial charge is 0.311 e. The summed E-state index contributed by atoms with van der Waals surface area (Å²) < 4.78 is 0. The van der Waals surface area contributed by atoms with Crippen LogP contribution in [0.25, 0.3) is 0 Å². The average molecular weight is 278 g/mol. The first-order valence-corrected chi connectivity index (χ1v) is 6.70. The SMILES string of the molecule is CCC(Nc1ccc([N+](=O)[O-])c(N)n1)c1cccs1. The van der Waals surface area contributed by atoms with Crippen molar-refractivity contribution in [2.75, 3.05) is 11.1 Å². The predicted molar refractivity (Wildman–Crippen MR) is 76.3 cm³/mol. The Morgan fingerprint density at radius 1 is 1.53 bits per heavy atom. The molecule has 1 unspecified atom stereocenters. The lowest BCUT2D eigenvalue weighted by Gasteiger charge is -2.16. The van der Waals surface area contributed by atoms with E-state index >= 15 is 0 Å². The summed E-state index contributed by atoms with van der Waals surface area (Å²) in [6, 6.07) is 7.10. The van der Waals surface area contributed by atoms with Gasteiger partial charge >= 0.3 is 5.69 Å². The Kier molecular flexibility index (Phi) is 3.96. The van der Waals surface area contributed by atoms with Crippen molar-refractivity contribution in [3.8, 4) is 0 Å². The van der Waals surface area contributed by atoms with Crippen molar-refractivity contribution in [1.29, 1.82) is 0 Å². The van der Waals surface area contributed by atoms with Crippen LogP contribution in [0.4, 0.5) is 17.3 Å². The van der Waals surface area contributed by atoms with Gasteiger partial charge in [0.1, 0.15) is 5.82 Å². The monoisotopic (exact) mass is 278 g/mol. The lowest BCUT2D eigenvalue weighted by Crippen LogP contribution is -2.10. The van der Waals surface area contributed by atoms with E-state index in [1.807, 2.05) is 17.5 Å². The Bertz CT molecular complexity index is 571. The fourth-order valence-corrected chi connectivity index (χ4v) is 2.61. The van der Waals surface area contributed by atoms with Gasteiger partial charge in [-0.05, 0) is 23.9 Å².